The zero-order chi connectivity index (χ0) is 12.8. The van der Waals surface area contributed by atoms with Gasteiger partial charge >= 0.3 is 11.9 Å². The lowest BCUT2D eigenvalue weighted by molar-refractivity contribution is -0.152. The number of anilines is 1. The molecule has 5 heteroatoms. The van der Waals surface area contributed by atoms with Crippen LogP contribution in [-0.4, -0.2) is 22.2 Å². The Morgan fingerprint density at radius 1 is 1.18 bits per heavy atom. The van der Waals surface area contributed by atoms with Crippen molar-refractivity contribution in [2.45, 2.75) is 6.92 Å². The van der Waals surface area contributed by atoms with E-state index in [-0.39, 0.29) is 5.70 Å². The molecule has 90 valence electrons. The number of carboxylic acids is 2. The number of aliphatic carboxylic acids is 2. The van der Waals surface area contributed by atoms with E-state index in [2.05, 4.69) is 5.32 Å². The highest BCUT2D eigenvalue weighted by Gasteiger charge is 2.29. The highest BCUT2D eigenvalue weighted by Crippen LogP contribution is 2.16. The van der Waals surface area contributed by atoms with Crippen LogP contribution in [0.25, 0.3) is 0 Å². The summed E-state index contributed by atoms with van der Waals surface area (Å²) >= 11 is 0. The molecule has 0 bridgehead atoms. The maximum atomic E-state index is 10.9. The molecule has 0 aliphatic carbocycles. The number of nitrogens with one attached hydrogen (secondary N) is 1. The highest BCUT2D eigenvalue weighted by atomic mass is 16.4. The second-order valence-electron chi connectivity index (χ2n) is 3.34. The average molecular weight is 235 g/mol. The Morgan fingerprint density at radius 2 is 1.71 bits per heavy atom. The van der Waals surface area contributed by atoms with Gasteiger partial charge < -0.3 is 15.5 Å². The van der Waals surface area contributed by atoms with Crippen LogP contribution >= 0.6 is 0 Å². The quantitative estimate of drug-likeness (QED) is 0.677. The normalized spacial score (nSPS) is 11.3. The molecule has 1 aromatic rings. The van der Waals surface area contributed by atoms with Crippen LogP contribution in [-0.2, 0) is 9.59 Å². The first-order chi connectivity index (χ1) is 8.06. The summed E-state index contributed by atoms with van der Waals surface area (Å²) in [6.07, 6.45) is 1.44. The predicted octanol–water partition coefficient (Wildman–Crippen LogP) is 1.79. The van der Waals surface area contributed by atoms with Crippen LogP contribution in [0, 0.1) is 5.92 Å². The lowest BCUT2D eigenvalue weighted by Gasteiger charge is -2.14. The van der Waals surface area contributed by atoms with Crippen LogP contribution in [0.5, 0.6) is 0 Å². The van der Waals surface area contributed by atoms with E-state index in [9.17, 15) is 9.59 Å². The van der Waals surface area contributed by atoms with E-state index < -0.39 is 17.9 Å². The van der Waals surface area contributed by atoms with E-state index in [1.54, 1.807) is 31.2 Å². The van der Waals surface area contributed by atoms with Crippen LogP contribution in [0.15, 0.2) is 42.1 Å². The summed E-state index contributed by atoms with van der Waals surface area (Å²) in [5, 5.41) is 20.5. The SMILES string of the molecule is C/C=C(\Nc1ccccc1)C(C(=O)O)C(=O)O. The molecule has 0 atom stereocenters. The third-order valence-electron chi connectivity index (χ3n) is 2.18. The molecule has 3 N–H and O–H groups in total. The van der Waals surface area contributed by atoms with E-state index in [4.69, 9.17) is 10.2 Å². The molecular weight excluding hydrogens is 222 g/mol. The number of allylic oxidation sites excluding steroid dienone is 1. The molecule has 0 spiro atoms. The lowest BCUT2D eigenvalue weighted by Crippen LogP contribution is -2.28. The Kier molecular flexibility index (Phi) is 4.28. The number of para-hydroxylation sites is 1. The van der Waals surface area contributed by atoms with Gasteiger partial charge in [0.25, 0.3) is 0 Å². The zero-order valence-corrected chi connectivity index (χ0v) is 9.25. The van der Waals surface area contributed by atoms with Crippen molar-refractivity contribution in [3.63, 3.8) is 0 Å². The van der Waals surface area contributed by atoms with Gasteiger partial charge in [0, 0.05) is 11.4 Å². The first-order valence-electron chi connectivity index (χ1n) is 5.00. The van der Waals surface area contributed by atoms with E-state index in [1.807, 2.05) is 6.07 Å². The predicted molar refractivity (Wildman–Crippen MR) is 62.6 cm³/mol. The summed E-state index contributed by atoms with van der Waals surface area (Å²) < 4.78 is 0. The fourth-order valence-electron chi connectivity index (χ4n) is 1.37. The van der Waals surface area contributed by atoms with Crippen molar-refractivity contribution < 1.29 is 19.8 Å². The van der Waals surface area contributed by atoms with E-state index in [1.165, 1.54) is 6.08 Å². The molecule has 1 rings (SSSR count). The molecule has 0 saturated carbocycles. The molecule has 0 aliphatic rings. The Bertz CT molecular complexity index is 425. The summed E-state index contributed by atoms with van der Waals surface area (Å²) in [5.41, 5.74) is 0.782. The number of hydrogen-bond acceptors (Lipinski definition) is 3. The first kappa shape index (κ1) is 12.8. The molecule has 0 aliphatic heterocycles. The van der Waals surface area contributed by atoms with E-state index >= 15 is 0 Å². The fourth-order valence-corrected chi connectivity index (χ4v) is 1.37. The number of hydrogen-bond donors (Lipinski definition) is 3. The average Bonchev–Trinajstić information content (AvgIpc) is 2.28. The lowest BCUT2D eigenvalue weighted by atomic mass is 10.1. The van der Waals surface area contributed by atoms with Crippen LogP contribution in [0.3, 0.4) is 0 Å². The van der Waals surface area contributed by atoms with Crippen LogP contribution in [0.2, 0.25) is 0 Å². The van der Waals surface area contributed by atoms with Gasteiger partial charge in [0.15, 0.2) is 5.92 Å². The van der Waals surface area contributed by atoms with Crippen molar-refractivity contribution in [1.29, 1.82) is 0 Å². The van der Waals surface area contributed by atoms with Gasteiger partial charge in [-0.1, -0.05) is 24.3 Å². The molecule has 0 amide bonds. The molecule has 0 heterocycles. The number of benzene rings is 1. The Labute approximate surface area is 98.4 Å². The molecule has 0 unspecified atom stereocenters. The van der Waals surface area contributed by atoms with Gasteiger partial charge in [0.2, 0.25) is 0 Å². The molecule has 0 aromatic heterocycles. The highest BCUT2D eigenvalue weighted by molar-refractivity contribution is 5.97. The third kappa shape index (κ3) is 3.34. The van der Waals surface area contributed by atoms with Gasteiger partial charge in [-0.2, -0.15) is 0 Å². The van der Waals surface area contributed by atoms with Gasteiger partial charge in [-0.15, -0.1) is 0 Å². The van der Waals surface area contributed by atoms with Gasteiger partial charge in [0.1, 0.15) is 0 Å². The number of carboxylic acid groups (broad SMARTS) is 2. The minimum atomic E-state index is -1.58. The summed E-state index contributed by atoms with van der Waals surface area (Å²) in [6, 6.07) is 8.80. The van der Waals surface area contributed by atoms with Gasteiger partial charge in [-0.05, 0) is 19.1 Å². The van der Waals surface area contributed by atoms with Crippen molar-refractivity contribution in [2.24, 2.45) is 5.92 Å². The Morgan fingerprint density at radius 3 is 2.12 bits per heavy atom. The molecule has 0 saturated heterocycles. The van der Waals surface area contributed by atoms with Gasteiger partial charge in [-0.3, -0.25) is 9.59 Å². The molecular formula is C12H13NO4. The Balaban J connectivity index is 2.93. The Hall–Kier alpha value is -2.30. The second-order valence-corrected chi connectivity index (χ2v) is 3.34. The summed E-state index contributed by atoms with van der Waals surface area (Å²) in [6.45, 7) is 1.59. The summed E-state index contributed by atoms with van der Waals surface area (Å²) in [5.74, 6) is -4.37. The van der Waals surface area contributed by atoms with Crippen molar-refractivity contribution in [3.05, 3.63) is 42.1 Å². The second kappa shape index (κ2) is 5.69. The maximum absolute atomic E-state index is 10.9. The topological polar surface area (TPSA) is 86.6 Å². The maximum Gasteiger partial charge on any atom is 0.324 e. The molecule has 0 radical (unpaired) electrons. The number of rotatable bonds is 5. The van der Waals surface area contributed by atoms with Gasteiger partial charge in [0.05, 0.1) is 0 Å². The van der Waals surface area contributed by atoms with E-state index in [0.29, 0.717) is 5.69 Å². The first-order valence-corrected chi connectivity index (χ1v) is 5.00. The zero-order valence-electron chi connectivity index (χ0n) is 9.25. The van der Waals surface area contributed by atoms with Crippen LogP contribution in [0.1, 0.15) is 6.92 Å². The summed E-state index contributed by atoms with van der Waals surface area (Å²) in [4.78, 5) is 21.7. The number of carbonyl (C=O) groups is 2. The van der Waals surface area contributed by atoms with Crippen LogP contribution < -0.4 is 5.32 Å². The van der Waals surface area contributed by atoms with Crippen molar-refractivity contribution in [2.75, 3.05) is 5.32 Å². The third-order valence-corrected chi connectivity index (χ3v) is 2.18. The molecule has 0 fully saturated rings. The minimum Gasteiger partial charge on any atom is -0.480 e. The van der Waals surface area contributed by atoms with Crippen molar-refractivity contribution >= 4 is 17.6 Å². The largest absolute Gasteiger partial charge is 0.480 e. The smallest absolute Gasteiger partial charge is 0.324 e. The van der Waals surface area contributed by atoms with Crippen molar-refractivity contribution in [3.8, 4) is 0 Å². The standard InChI is InChI=1S/C12H13NO4/c1-2-9(10(11(14)15)12(16)17)13-8-6-4-3-5-7-8/h2-7,10,13H,1H3,(H,14,15)(H,16,17)/b9-2-. The monoisotopic (exact) mass is 235 g/mol. The molecule has 5 nitrogen and oxygen atoms in total. The molecule has 1 aromatic carbocycles. The minimum absolute atomic E-state index is 0.135. The fraction of sp³-hybridized carbons (Fsp3) is 0.167. The van der Waals surface area contributed by atoms with Gasteiger partial charge in [-0.25, -0.2) is 0 Å². The van der Waals surface area contributed by atoms with E-state index in [0.717, 1.165) is 0 Å². The summed E-state index contributed by atoms with van der Waals surface area (Å²) in [7, 11) is 0. The van der Waals surface area contributed by atoms with Crippen LogP contribution in [0.4, 0.5) is 5.69 Å². The van der Waals surface area contributed by atoms with Crippen molar-refractivity contribution in [1.82, 2.24) is 0 Å². The molecule has 17 heavy (non-hydrogen) atoms.